The van der Waals surface area contributed by atoms with Crippen LogP contribution >= 0.6 is 0 Å². The van der Waals surface area contributed by atoms with E-state index in [1.807, 2.05) is 17.9 Å². The van der Waals surface area contributed by atoms with Gasteiger partial charge in [0.1, 0.15) is 5.69 Å². The minimum absolute atomic E-state index is 0.0169. The number of carbonyl (C=O) groups is 1. The molecule has 29 heavy (non-hydrogen) atoms. The fraction of sp³-hybridized carbons (Fsp3) is 0.500. The van der Waals surface area contributed by atoms with Gasteiger partial charge in [0.2, 0.25) is 5.95 Å². The summed E-state index contributed by atoms with van der Waals surface area (Å²) in [6.07, 6.45) is 0. The molecule has 0 saturated carbocycles. The van der Waals surface area contributed by atoms with E-state index in [0.717, 1.165) is 58.1 Å². The summed E-state index contributed by atoms with van der Waals surface area (Å²) in [6, 6.07) is 10.4. The lowest BCUT2D eigenvalue weighted by atomic mass is 10.2. The molecule has 1 aromatic carbocycles. The van der Waals surface area contributed by atoms with Crippen LogP contribution in [0.2, 0.25) is 0 Å². The molecule has 0 unspecified atom stereocenters. The number of rotatable bonds is 3. The molecule has 0 atom stereocenters. The lowest BCUT2D eigenvalue weighted by Crippen LogP contribution is -2.48. The second-order valence-electron chi connectivity index (χ2n) is 8.10. The van der Waals surface area contributed by atoms with Gasteiger partial charge in [-0.25, -0.2) is 9.97 Å². The van der Waals surface area contributed by atoms with E-state index < -0.39 is 0 Å². The highest BCUT2D eigenvalue weighted by atomic mass is 16.2. The van der Waals surface area contributed by atoms with E-state index in [0.29, 0.717) is 11.6 Å². The molecule has 7 nitrogen and oxygen atoms in total. The first kappa shape index (κ1) is 19.6. The molecule has 154 valence electrons. The molecule has 7 heteroatoms. The summed E-state index contributed by atoms with van der Waals surface area (Å²) < 4.78 is 0. The molecular formula is C22H30N6O. The first-order chi connectivity index (χ1) is 14.0. The highest BCUT2D eigenvalue weighted by Crippen LogP contribution is 2.20. The van der Waals surface area contributed by atoms with Gasteiger partial charge in [-0.1, -0.05) is 12.1 Å². The monoisotopic (exact) mass is 394 g/mol. The number of aryl methyl sites for hydroxylation is 2. The van der Waals surface area contributed by atoms with Gasteiger partial charge < -0.3 is 19.6 Å². The van der Waals surface area contributed by atoms with Gasteiger partial charge in [0.05, 0.1) is 0 Å². The van der Waals surface area contributed by atoms with Gasteiger partial charge in [-0.05, 0) is 44.7 Å². The molecule has 2 aliphatic rings. The molecule has 2 fully saturated rings. The van der Waals surface area contributed by atoms with Gasteiger partial charge in [-0.3, -0.25) is 4.79 Å². The van der Waals surface area contributed by atoms with Gasteiger partial charge in [-0.15, -0.1) is 0 Å². The average Bonchev–Trinajstić information content (AvgIpc) is 2.73. The zero-order chi connectivity index (χ0) is 20.4. The van der Waals surface area contributed by atoms with Crippen molar-refractivity contribution in [2.75, 3.05) is 69.2 Å². The summed E-state index contributed by atoms with van der Waals surface area (Å²) in [5, 5.41) is 0. The van der Waals surface area contributed by atoms with Crippen molar-refractivity contribution in [2.24, 2.45) is 0 Å². The third kappa shape index (κ3) is 4.50. The van der Waals surface area contributed by atoms with Crippen molar-refractivity contribution in [2.45, 2.75) is 13.8 Å². The fourth-order valence-corrected chi connectivity index (χ4v) is 3.96. The largest absolute Gasteiger partial charge is 0.368 e. The van der Waals surface area contributed by atoms with Crippen LogP contribution in [0, 0.1) is 13.8 Å². The summed E-state index contributed by atoms with van der Waals surface area (Å²) in [6.45, 7) is 10.9. The summed E-state index contributed by atoms with van der Waals surface area (Å²) in [4.78, 5) is 31.0. The van der Waals surface area contributed by atoms with Crippen molar-refractivity contribution < 1.29 is 4.79 Å². The van der Waals surface area contributed by atoms with E-state index in [-0.39, 0.29) is 5.91 Å². The Morgan fingerprint density at radius 2 is 1.55 bits per heavy atom. The second kappa shape index (κ2) is 8.37. The molecule has 1 amide bonds. The molecule has 0 aliphatic carbocycles. The third-order valence-electron chi connectivity index (χ3n) is 5.78. The molecular weight excluding hydrogens is 364 g/mol. The summed E-state index contributed by atoms with van der Waals surface area (Å²) in [5.41, 5.74) is 3.89. The Morgan fingerprint density at radius 1 is 0.862 bits per heavy atom. The summed E-state index contributed by atoms with van der Waals surface area (Å²) >= 11 is 0. The van der Waals surface area contributed by atoms with E-state index in [2.05, 4.69) is 62.9 Å². The van der Waals surface area contributed by atoms with Crippen molar-refractivity contribution >= 4 is 17.5 Å². The van der Waals surface area contributed by atoms with Crippen LogP contribution in [0.3, 0.4) is 0 Å². The third-order valence-corrected chi connectivity index (χ3v) is 5.78. The number of piperazine rings is 2. The molecule has 2 aliphatic heterocycles. The van der Waals surface area contributed by atoms with Crippen molar-refractivity contribution in [3.8, 4) is 0 Å². The molecule has 0 spiro atoms. The maximum atomic E-state index is 13.0. The minimum atomic E-state index is 0.0169. The molecule has 3 heterocycles. The second-order valence-corrected chi connectivity index (χ2v) is 8.10. The quantitative estimate of drug-likeness (QED) is 0.791. The van der Waals surface area contributed by atoms with E-state index in [4.69, 9.17) is 0 Å². The number of nitrogens with zero attached hydrogens (tertiary/aromatic N) is 6. The van der Waals surface area contributed by atoms with Crippen LogP contribution in [0.1, 0.15) is 21.7 Å². The predicted molar refractivity (Wildman–Crippen MR) is 116 cm³/mol. The van der Waals surface area contributed by atoms with Crippen LogP contribution in [-0.4, -0.2) is 85.1 Å². The number of aromatic nitrogens is 2. The SMILES string of the molecule is Cc1cccc(N2CCN(c3nc(C)cc(C(=O)N4CCN(C)CC4)n3)CC2)c1. The van der Waals surface area contributed by atoms with Gasteiger partial charge in [0.25, 0.3) is 5.91 Å². The molecule has 0 N–H and O–H groups in total. The topological polar surface area (TPSA) is 55.8 Å². The smallest absolute Gasteiger partial charge is 0.272 e. The molecule has 0 bridgehead atoms. The molecule has 0 radical (unpaired) electrons. The number of benzene rings is 1. The molecule has 2 saturated heterocycles. The zero-order valence-electron chi connectivity index (χ0n) is 17.6. The summed E-state index contributed by atoms with van der Waals surface area (Å²) in [5.74, 6) is 0.689. The van der Waals surface area contributed by atoms with Crippen molar-refractivity contribution in [3.05, 3.63) is 47.3 Å². The number of carbonyl (C=O) groups excluding carboxylic acids is 1. The Kier molecular flexibility index (Phi) is 5.67. The number of likely N-dealkylation sites (N-methyl/N-ethyl adjacent to an activating group) is 1. The van der Waals surface area contributed by atoms with Gasteiger partial charge in [-0.2, -0.15) is 0 Å². The van der Waals surface area contributed by atoms with Gasteiger partial charge in [0.15, 0.2) is 0 Å². The average molecular weight is 395 g/mol. The van der Waals surface area contributed by atoms with E-state index in [9.17, 15) is 4.79 Å². The van der Waals surface area contributed by atoms with Gasteiger partial charge in [0, 0.05) is 63.7 Å². The number of amides is 1. The van der Waals surface area contributed by atoms with Crippen molar-refractivity contribution in [3.63, 3.8) is 0 Å². The van der Waals surface area contributed by atoms with Crippen LogP contribution in [0.15, 0.2) is 30.3 Å². The van der Waals surface area contributed by atoms with Crippen LogP contribution in [0.25, 0.3) is 0 Å². The zero-order valence-corrected chi connectivity index (χ0v) is 17.6. The summed E-state index contributed by atoms with van der Waals surface area (Å²) in [7, 11) is 2.09. The highest BCUT2D eigenvalue weighted by molar-refractivity contribution is 5.92. The normalized spacial score (nSPS) is 18.2. The van der Waals surface area contributed by atoms with Crippen molar-refractivity contribution in [1.82, 2.24) is 19.8 Å². The van der Waals surface area contributed by atoms with E-state index in [1.54, 1.807) is 0 Å². The van der Waals surface area contributed by atoms with Gasteiger partial charge >= 0.3 is 0 Å². The first-order valence-corrected chi connectivity index (χ1v) is 10.4. The Hall–Kier alpha value is -2.67. The Balaban J connectivity index is 1.45. The first-order valence-electron chi connectivity index (χ1n) is 10.4. The number of hydrogen-bond donors (Lipinski definition) is 0. The lowest BCUT2D eigenvalue weighted by Gasteiger charge is -2.36. The number of hydrogen-bond acceptors (Lipinski definition) is 6. The maximum absolute atomic E-state index is 13.0. The predicted octanol–water partition coefficient (Wildman–Crippen LogP) is 1.81. The molecule has 2 aromatic rings. The lowest BCUT2D eigenvalue weighted by molar-refractivity contribution is 0.0658. The Labute approximate surface area is 172 Å². The molecule has 4 rings (SSSR count). The number of anilines is 2. The van der Waals surface area contributed by atoms with Crippen LogP contribution < -0.4 is 9.80 Å². The maximum Gasteiger partial charge on any atom is 0.272 e. The van der Waals surface area contributed by atoms with E-state index in [1.165, 1.54) is 11.3 Å². The standard InChI is InChI=1S/C22H30N6O/c1-17-5-4-6-19(15-17)26-11-13-28(14-12-26)22-23-18(2)16-20(24-22)21(29)27-9-7-25(3)8-10-27/h4-6,15-16H,7-14H2,1-3H3. The minimum Gasteiger partial charge on any atom is -0.368 e. The van der Waals surface area contributed by atoms with Crippen molar-refractivity contribution in [1.29, 1.82) is 0 Å². The fourth-order valence-electron chi connectivity index (χ4n) is 3.96. The van der Waals surface area contributed by atoms with Crippen LogP contribution in [-0.2, 0) is 0 Å². The molecule has 1 aromatic heterocycles. The van der Waals surface area contributed by atoms with E-state index >= 15 is 0 Å². The van der Waals surface area contributed by atoms with Crippen LogP contribution in [0.4, 0.5) is 11.6 Å². The Morgan fingerprint density at radius 3 is 2.24 bits per heavy atom. The van der Waals surface area contributed by atoms with Crippen LogP contribution in [0.5, 0.6) is 0 Å². The Bertz CT molecular complexity index is 869. The highest BCUT2D eigenvalue weighted by Gasteiger charge is 2.24.